The van der Waals surface area contributed by atoms with Crippen molar-refractivity contribution in [2.45, 2.75) is 18.9 Å². The summed E-state index contributed by atoms with van der Waals surface area (Å²) in [5.41, 5.74) is 12.0. The molecule has 0 aliphatic carbocycles. The van der Waals surface area contributed by atoms with Crippen molar-refractivity contribution in [3.05, 3.63) is 70.2 Å². The number of nitrogens with two attached hydrogens (primary N) is 2. The maximum absolute atomic E-state index is 14.1. The number of aromatic nitrogens is 1. The van der Waals surface area contributed by atoms with E-state index in [1.165, 1.54) is 30.0 Å². The molecule has 1 atom stereocenters. The normalized spacial score (nSPS) is 13.1. The Kier molecular flexibility index (Phi) is 6.63. The zero-order valence-corrected chi connectivity index (χ0v) is 15.8. The van der Waals surface area contributed by atoms with Gasteiger partial charge in [-0.2, -0.15) is 0 Å². The molecule has 1 aromatic carbocycles. The second-order valence-corrected chi connectivity index (χ2v) is 7.59. The number of anilines is 1. The second-order valence-electron chi connectivity index (χ2n) is 5.98. The van der Waals surface area contributed by atoms with E-state index in [2.05, 4.69) is 16.9 Å². The summed E-state index contributed by atoms with van der Waals surface area (Å²) in [6.07, 6.45) is 0.600. The van der Waals surface area contributed by atoms with E-state index in [0.717, 1.165) is 0 Å². The zero-order chi connectivity index (χ0) is 19.3. The summed E-state index contributed by atoms with van der Waals surface area (Å²) in [6, 6.07) is 9.04. The molecule has 2 aromatic rings. The number of hydrogen-bond acceptors (Lipinski definition) is 5. The highest BCUT2D eigenvalue weighted by molar-refractivity contribution is 8.02. The zero-order valence-electron chi connectivity index (χ0n) is 14.3. The summed E-state index contributed by atoms with van der Waals surface area (Å²) in [7, 11) is 0. The van der Waals surface area contributed by atoms with E-state index in [9.17, 15) is 9.18 Å². The molecule has 0 aliphatic rings. The lowest BCUT2D eigenvalue weighted by molar-refractivity contribution is 0.102. The van der Waals surface area contributed by atoms with Crippen molar-refractivity contribution >= 4 is 35.0 Å². The maximum Gasteiger partial charge on any atom is 0.274 e. The minimum Gasteiger partial charge on any atom is -0.394 e. The van der Waals surface area contributed by atoms with E-state index in [0.29, 0.717) is 22.8 Å². The van der Waals surface area contributed by atoms with Gasteiger partial charge in [0.1, 0.15) is 16.7 Å². The van der Waals surface area contributed by atoms with Gasteiger partial charge in [0.25, 0.3) is 5.91 Å². The molecular formula is C18H20ClFN4OS. The van der Waals surface area contributed by atoms with Gasteiger partial charge in [-0.25, -0.2) is 9.37 Å². The Bertz CT molecular complexity index is 829. The Morgan fingerprint density at radius 2 is 2.15 bits per heavy atom. The molecule has 26 heavy (non-hydrogen) atoms. The van der Waals surface area contributed by atoms with Crippen LogP contribution in [0.15, 0.2) is 48.0 Å². The molecule has 5 nitrogen and oxygen atoms in total. The van der Waals surface area contributed by atoms with Crippen LogP contribution in [0.4, 0.5) is 10.1 Å². The molecule has 0 bridgehead atoms. The molecule has 0 spiro atoms. The van der Waals surface area contributed by atoms with Crippen molar-refractivity contribution in [3.8, 4) is 0 Å². The van der Waals surface area contributed by atoms with Crippen LogP contribution in [0.2, 0.25) is 5.15 Å². The van der Waals surface area contributed by atoms with Gasteiger partial charge in [0, 0.05) is 11.3 Å². The van der Waals surface area contributed by atoms with Crippen LogP contribution in [0.25, 0.3) is 0 Å². The quantitative estimate of drug-likeness (QED) is 0.620. The predicted molar refractivity (Wildman–Crippen MR) is 106 cm³/mol. The first-order valence-corrected chi connectivity index (χ1v) is 9.15. The van der Waals surface area contributed by atoms with Crippen LogP contribution in [0, 0.1) is 5.82 Å². The minimum atomic E-state index is -0.718. The molecular weight excluding hydrogens is 375 g/mol. The molecule has 8 heteroatoms. The average molecular weight is 395 g/mol. The third-order valence-electron chi connectivity index (χ3n) is 3.73. The van der Waals surface area contributed by atoms with Crippen LogP contribution >= 0.6 is 23.4 Å². The maximum atomic E-state index is 14.1. The smallest absolute Gasteiger partial charge is 0.274 e. The van der Waals surface area contributed by atoms with Crippen molar-refractivity contribution in [2.24, 2.45) is 11.5 Å². The molecule has 0 radical (unpaired) electrons. The number of nitrogens with zero attached hydrogens (tertiary/aromatic N) is 1. The highest BCUT2D eigenvalue weighted by atomic mass is 35.5. The molecule has 138 valence electrons. The van der Waals surface area contributed by atoms with E-state index in [4.69, 9.17) is 23.1 Å². The number of thioether (sulfide) groups is 1. The largest absolute Gasteiger partial charge is 0.394 e. The third kappa shape index (κ3) is 5.45. The number of nitrogens with one attached hydrogen (secondary N) is 1. The summed E-state index contributed by atoms with van der Waals surface area (Å²) in [6.45, 7) is 5.47. The minimum absolute atomic E-state index is 0.0295. The lowest BCUT2D eigenvalue weighted by Gasteiger charge is -2.26. The molecule has 0 aliphatic heterocycles. The van der Waals surface area contributed by atoms with Crippen molar-refractivity contribution < 1.29 is 9.18 Å². The van der Waals surface area contributed by atoms with Gasteiger partial charge >= 0.3 is 0 Å². The van der Waals surface area contributed by atoms with Gasteiger partial charge in [0.2, 0.25) is 0 Å². The fraction of sp³-hybridized carbons (Fsp3) is 0.222. The lowest BCUT2D eigenvalue weighted by Crippen LogP contribution is -2.34. The van der Waals surface area contributed by atoms with Gasteiger partial charge in [-0.3, -0.25) is 4.79 Å². The predicted octanol–water partition coefficient (Wildman–Crippen LogP) is 3.85. The van der Waals surface area contributed by atoms with E-state index in [-0.39, 0.29) is 16.5 Å². The summed E-state index contributed by atoms with van der Waals surface area (Å²) < 4.78 is 14.1. The van der Waals surface area contributed by atoms with Gasteiger partial charge < -0.3 is 16.8 Å². The van der Waals surface area contributed by atoms with Crippen LogP contribution in [0.3, 0.4) is 0 Å². The summed E-state index contributed by atoms with van der Waals surface area (Å²) in [5, 5.41) is 3.21. The van der Waals surface area contributed by atoms with Gasteiger partial charge in [-0.05, 0) is 43.2 Å². The molecule has 1 aromatic heterocycles. The SMILES string of the molecule is C=C(N)SCCC(C)(N)c1ccc(F)c(NC(=O)c2cccc(Cl)n2)c1. The number of halogens is 2. The topological polar surface area (TPSA) is 94.0 Å². The fourth-order valence-electron chi connectivity index (χ4n) is 2.24. The second kappa shape index (κ2) is 8.53. The monoisotopic (exact) mass is 394 g/mol. The molecule has 2 rings (SSSR count). The summed E-state index contributed by atoms with van der Waals surface area (Å²) in [5.74, 6) is -0.449. The van der Waals surface area contributed by atoms with Gasteiger partial charge in [-0.15, -0.1) is 11.8 Å². The first-order valence-electron chi connectivity index (χ1n) is 7.79. The van der Waals surface area contributed by atoms with E-state index in [1.807, 2.05) is 6.92 Å². The molecule has 0 saturated carbocycles. The van der Waals surface area contributed by atoms with Crippen molar-refractivity contribution in [1.29, 1.82) is 0 Å². The van der Waals surface area contributed by atoms with Crippen LogP contribution < -0.4 is 16.8 Å². The molecule has 1 heterocycles. The van der Waals surface area contributed by atoms with Crippen molar-refractivity contribution in [3.63, 3.8) is 0 Å². The van der Waals surface area contributed by atoms with Crippen LogP contribution in [0.5, 0.6) is 0 Å². The number of carbonyl (C=O) groups excluding carboxylic acids is 1. The van der Waals surface area contributed by atoms with E-state index in [1.54, 1.807) is 18.2 Å². The Hall–Kier alpha value is -2.09. The Labute approximate surface area is 161 Å². The fourth-order valence-corrected chi connectivity index (χ4v) is 3.19. The van der Waals surface area contributed by atoms with Gasteiger partial charge in [-0.1, -0.05) is 30.3 Å². The number of pyridine rings is 1. The Morgan fingerprint density at radius 3 is 2.81 bits per heavy atom. The van der Waals surface area contributed by atoms with Crippen LogP contribution in [-0.4, -0.2) is 16.6 Å². The summed E-state index contributed by atoms with van der Waals surface area (Å²) >= 11 is 7.19. The Morgan fingerprint density at radius 1 is 1.42 bits per heavy atom. The summed E-state index contributed by atoms with van der Waals surface area (Å²) in [4.78, 5) is 16.2. The van der Waals surface area contributed by atoms with Crippen molar-refractivity contribution in [1.82, 2.24) is 4.98 Å². The number of amides is 1. The number of carbonyl (C=O) groups is 1. The van der Waals surface area contributed by atoms with Gasteiger partial charge in [0.15, 0.2) is 0 Å². The average Bonchev–Trinajstić information content (AvgIpc) is 2.56. The Balaban J connectivity index is 2.18. The van der Waals surface area contributed by atoms with Crippen molar-refractivity contribution in [2.75, 3.05) is 11.1 Å². The number of benzene rings is 1. The molecule has 0 saturated heterocycles. The van der Waals surface area contributed by atoms with E-state index < -0.39 is 17.3 Å². The van der Waals surface area contributed by atoms with E-state index >= 15 is 0 Å². The first kappa shape index (κ1) is 20.2. The molecule has 1 amide bonds. The highest BCUT2D eigenvalue weighted by Gasteiger charge is 2.23. The lowest BCUT2D eigenvalue weighted by atomic mass is 9.90. The van der Waals surface area contributed by atoms with Crippen LogP contribution in [0.1, 0.15) is 29.4 Å². The third-order valence-corrected chi connectivity index (χ3v) is 4.72. The number of rotatable bonds is 7. The molecule has 0 fully saturated rings. The van der Waals surface area contributed by atoms with Crippen LogP contribution in [-0.2, 0) is 5.54 Å². The first-order chi connectivity index (χ1) is 12.2. The standard InChI is InChI=1S/C18H20ClFN4OS/c1-11(21)26-9-8-18(2,22)12-6-7-13(20)15(10-12)24-17(25)14-4-3-5-16(19)23-14/h3-7,10H,1,8-9,21-22H2,2H3,(H,24,25). The molecule has 5 N–H and O–H groups in total. The number of hydrogen-bond donors (Lipinski definition) is 3. The van der Waals surface area contributed by atoms with Gasteiger partial charge in [0.05, 0.1) is 10.7 Å². The molecule has 1 unspecified atom stereocenters. The highest BCUT2D eigenvalue weighted by Crippen LogP contribution is 2.28.